The van der Waals surface area contributed by atoms with Crippen LogP contribution in [0.25, 0.3) is 0 Å². The zero-order valence-electron chi connectivity index (χ0n) is 32.7. The highest BCUT2D eigenvalue weighted by Gasteiger charge is 2.41. The molecule has 3 aromatic rings. The van der Waals surface area contributed by atoms with Gasteiger partial charge in [0.1, 0.15) is 16.8 Å². The first-order chi connectivity index (χ1) is 27.9. The van der Waals surface area contributed by atoms with E-state index in [2.05, 4.69) is 17.7 Å². The van der Waals surface area contributed by atoms with Crippen molar-refractivity contribution in [3.8, 4) is 0 Å². The number of anilines is 3. The SMILES string of the molecule is CCCCCCCCCCCCCC(=O)Nc1ccc(Cl)c(N=C2NN(c3c(Cl)cc(Cl)cc3Cl)C(=O)C2Sc2ccccc2N(CCCC(=O)OCC)S(=O)O)c1. The molecule has 58 heavy (non-hydrogen) atoms. The summed E-state index contributed by atoms with van der Waals surface area (Å²) >= 11 is 24.6. The van der Waals surface area contributed by atoms with Gasteiger partial charge < -0.3 is 10.1 Å². The van der Waals surface area contributed by atoms with Gasteiger partial charge in [-0.3, -0.25) is 28.7 Å². The van der Waals surface area contributed by atoms with E-state index in [0.29, 0.717) is 22.7 Å². The predicted molar refractivity (Wildman–Crippen MR) is 240 cm³/mol. The summed E-state index contributed by atoms with van der Waals surface area (Å²) in [5.74, 6) is -0.890. The van der Waals surface area contributed by atoms with Gasteiger partial charge in [0.2, 0.25) is 5.91 Å². The van der Waals surface area contributed by atoms with Gasteiger partial charge in [0.05, 0.1) is 33.0 Å². The third-order valence-corrected chi connectivity index (χ3v) is 12.3. The molecular weight excluding hydrogens is 864 g/mol. The van der Waals surface area contributed by atoms with Crippen LogP contribution in [0, 0.1) is 0 Å². The highest BCUT2D eigenvalue weighted by molar-refractivity contribution is 8.01. The summed E-state index contributed by atoms with van der Waals surface area (Å²) in [5, 5.41) is 3.80. The fraction of sp³-hybridized carbons (Fsp3) is 0.463. The van der Waals surface area contributed by atoms with Crippen molar-refractivity contribution in [2.45, 2.75) is 114 Å². The summed E-state index contributed by atoms with van der Waals surface area (Å²) in [7, 11) is 0. The van der Waals surface area contributed by atoms with Crippen LogP contribution in [-0.2, 0) is 30.4 Å². The fourth-order valence-electron chi connectivity index (χ4n) is 6.32. The van der Waals surface area contributed by atoms with Crippen molar-refractivity contribution < 1.29 is 27.9 Å². The van der Waals surface area contributed by atoms with Crippen LogP contribution in [0.4, 0.5) is 22.7 Å². The Balaban J connectivity index is 1.53. The number of hydrazine groups is 1. The quantitative estimate of drug-likeness (QED) is 0.0458. The summed E-state index contributed by atoms with van der Waals surface area (Å²) in [6.07, 6.45) is 13.8. The summed E-state index contributed by atoms with van der Waals surface area (Å²) in [6, 6.07) is 14.6. The van der Waals surface area contributed by atoms with E-state index in [1.807, 2.05) is 0 Å². The molecule has 1 heterocycles. The summed E-state index contributed by atoms with van der Waals surface area (Å²) in [4.78, 5) is 44.5. The van der Waals surface area contributed by atoms with Crippen molar-refractivity contribution in [1.82, 2.24) is 5.43 Å². The number of halogens is 4. The molecule has 0 spiro atoms. The van der Waals surface area contributed by atoms with Crippen molar-refractivity contribution in [1.29, 1.82) is 0 Å². The Hall–Kier alpha value is -3.04. The van der Waals surface area contributed by atoms with E-state index in [1.54, 1.807) is 49.4 Å². The third kappa shape index (κ3) is 14.6. The number of esters is 1. The number of carbonyl (C=O) groups excluding carboxylic acids is 3. The van der Waals surface area contributed by atoms with E-state index < -0.39 is 28.4 Å². The first kappa shape index (κ1) is 47.6. The first-order valence-electron chi connectivity index (χ1n) is 19.7. The number of hydrogen-bond acceptors (Lipinski definition) is 7. The standard InChI is InChI=1S/C41H51Cl4N5O6S2/c1-3-5-6-7-8-9-10-11-12-13-14-20-36(51)46-29-22-23-30(43)33(27-29)47-40-39(41(53)50(48-40)38-31(44)25-28(42)26-32(38)45)57-35-19-16-15-18-34(35)49(58(54)55)24-17-21-37(52)56-4-2/h15-16,18-19,22-23,25-27,39H,3-14,17,20-21,24H2,1-2H3,(H,46,51)(H,47,48)(H,54,55). The fourth-order valence-corrected chi connectivity index (χ4v) is 9.27. The van der Waals surface area contributed by atoms with Crippen LogP contribution in [0.15, 0.2) is 64.5 Å². The van der Waals surface area contributed by atoms with Gasteiger partial charge in [0.25, 0.3) is 17.2 Å². The number of nitrogens with zero attached hydrogens (tertiary/aromatic N) is 3. The number of benzene rings is 3. The van der Waals surface area contributed by atoms with Crippen LogP contribution >= 0.6 is 58.2 Å². The van der Waals surface area contributed by atoms with E-state index in [-0.39, 0.29) is 69.2 Å². The molecule has 0 radical (unpaired) electrons. The van der Waals surface area contributed by atoms with Gasteiger partial charge >= 0.3 is 5.97 Å². The second-order valence-corrected chi connectivity index (χ2v) is 17.4. The summed E-state index contributed by atoms with van der Waals surface area (Å²) in [5.41, 5.74) is 4.30. The summed E-state index contributed by atoms with van der Waals surface area (Å²) in [6.45, 7) is 4.21. The van der Waals surface area contributed by atoms with Crippen LogP contribution in [0.1, 0.15) is 104 Å². The average Bonchev–Trinajstić information content (AvgIpc) is 3.46. The smallest absolute Gasteiger partial charge is 0.305 e. The zero-order valence-corrected chi connectivity index (χ0v) is 37.4. The van der Waals surface area contributed by atoms with Crippen molar-refractivity contribution in [2.24, 2.45) is 4.99 Å². The maximum absolute atomic E-state index is 14.3. The molecule has 4 rings (SSSR count). The van der Waals surface area contributed by atoms with E-state index in [4.69, 9.17) is 56.1 Å². The van der Waals surface area contributed by atoms with Gasteiger partial charge in [0.15, 0.2) is 0 Å². The molecule has 3 N–H and O–H groups in total. The molecule has 3 aromatic carbocycles. The number of rotatable bonds is 24. The van der Waals surface area contributed by atoms with Gasteiger partial charge in [-0.15, -0.1) is 11.8 Å². The van der Waals surface area contributed by atoms with E-state index in [9.17, 15) is 23.1 Å². The number of thioether (sulfide) groups is 1. The summed E-state index contributed by atoms with van der Waals surface area (Å²) < 4.78 is 29.2. The van der Waals surface area contributed by atoms with Crippen molar-refractivity contribution in [2.75, 3.05) is 27.8 Å². The van der Waals surface area contributed by atoms with E-state index in [1.165, 1.54) is 72.8 Å². The lowest BCUT2D eigenvalue weighted by atomic mass is 10.1. The lowest BCUT2D eigenvalue weighted by molar-refractivity contribution is -0.143. The number of amidine groups is 1. The molecule has 2 atom stereocenters. The van der Waals surface area contributed by atoms with Gasteiger partial charge in [-0.05, 0) is 62.2 Å². The molecular formula is C41H51Cl4N5O6S2. The second-order valence-electron chi connectivity index (χ2n) is 13.7. The van der Waals surface area contributed by atoms with Gasteiger partial charge in [0, 0.05) is 35.0 Å². The normalized spacial score (nSPS) is 15.1. The Morgan fingerprint density at radius 1 is 0.879 bits per heavy atom. The molecule has 0 bridgehead atoms. The first-order valence-corrected chi connectivity index (χ1v) is 23.1. The Morgan fingerprint density at radius 3 is 2.16 bits per heavy atom. The minimum atomic E-state index is -2.47. The van der Waals surface area contributed by atoms with Crippen LogP contribution in [0.5, 0.6) is 0 Å². The monoisotopic (exact) mass is 913 g/mol. The Labute approximate surface area is 368 Å². The molecule has 0 aromatic heterocycles. The topological polar surface area (TPSA) is 141 Å². The molecule has 11 nitrogen and oxygen atoms in total. The lowest BCUT2D eigenvalue weighted by Gasteiger charge is -2.23. The number of nitrogens with one attached hydrogen (secondary N) is 2. The third-order valence-electron chi connectivity index (χ3n) is 9.22. The number of carbonyl (C=O) groups is 3. The lowest BCUT2D eigenvalue weighted by Crippen LogP contribution is -2.36. The van der Waals surface area contributed by atoms with Gasteiger partial charge in [-0.25, -0.2) is 14.2 Å². The Bertz CT molecular complexity index is 1900. The molecule has 17 heteroatoms. The minimum absolute atomic E-state index is 0.0484. The maximum Gasteiger partial charge on any atom is 0.305 e. The van der Waals surface area contributed by atoms with Crippen molar-refractivity contribution in [3.05, 3.63) is 74.7 Å². The maximum atomic E-state index is 14.3. The highest BCUT2D eigenvalue weighted by atomic mass is 35.5. The molecule has 0 saturated carbocycles. The number of ether oxygens (including phenoxy) is 1. The van der Waals surface area contributed by atoms with Crippen LogP contribution in [0.3, 0.4) is 0 Å². The van der Waals surface area contributed by atoms with E-state index >= 15 is 0 Å². The Morgan fingerprint density at radius 2 is 1.52 bits per heavy atom. The van der Waals surface area contributed by atoms with Gasteiger partial charge in [-0.2, -0.15) is 0 Å². The number of hydrogen-bond donors (Lipinski definition) is 3. The molecule has 1 saturated heterocycles. The predicted octanol–water partition coefficient (Wildman–Crippen LogP) is 12.0. The van der Waals surface area contributed by atoms with Crippen LogP contribution in [-0.4, -0.2) is 50.8 Å². The molecule has 1 aliphatic rings. The molecule has 1 aliphatic heterocycles. The van der Waals surface area contributed by atoms with E-state index in [0.717, 1.165) is 31.0 Å². The zero-order chi connectivity index (χ0) is 42.0. The van der Waals surface area contributed by atoms with Crippen LogP contribution < -0.4 is 20.1 Å². The number of unbranched alkanes of at least 4 members (excludes halogenated alkanes) is 10. The second kappa shape index (κ2) is 24.9. The molecule has 2 amide bonds. The van der Waals surface area contributed by atoms with Gasteiger partial charge in [-0.1, -0.05) is 130 Å². The highest BCUT2D eigenvalue weighted by Crippen LogP contribution is 2.42. The molecule has 1 fully saturated rings. The largest absolute Gasteiger partial charge is 0.466 e. The average molecular weight is 916 g/mol. The number of aliphatic imine (C=N–C) groups is 1. The van der Waals surface area contributed by atoms with Crippen molar-refractivity contribution in [3.63, 3.8) is 0 Å². The number of para-hydroxylation sites is 1. The Kier molecular flexibility index (Phi) is 20.5. The van der Waals surface area contributed by atoms with Crippen molar-refractivity contribution >= 4 is 116 Å². The molecule has 2 unspecified atom stereocenters. The molecule has 316 valence electrons. The molecule has 0 aliphatic carbocycles. The minimum Gasteiger partial charge on any atom is -0.466 e. The number of amides is 2. The van der Waals surface area contributed by atoms with Crippen LogP contribution in [0.2, 0.25) is 20.1 Å².